The van der Waals surface area contributed by atoms with E-state index in [1.54, 1.807) is 12.0 Å². The minimum absolute atomic E-state index is 0.203. The molecule has 9 heteroatoms. The van der Waals surface area contributed by atoms with Gasteiger partial charge in [-0.3, -0.25) is 0 Å². The van der Waals surface area contributed by atoms with Gasteiger partial charge in [-0.05, 0) is 42.5 Å². The second-order valence-electron chi connectivity index (χ2n) is 7.90. The highest BCUT2D eigenvalue weighted by atomic mass is 19.2. The topological polar surface area (TPSA) is 66.4 Å². The standard InChI is InChI=1S/C25H22F2N4O3/c1-33-17-7-9-22-18(15-17)24(29-21-4-2-3-5-23(21)34-22)30-10-12-31(13-11-30)25(32)28-16-6-8-19(26)20(27)14-16/h2-9,14-15H,10-13H2,1H3,(H,28,32). The van der Waals surface area contributed by atoms with Gasteiger partial charge in [0.05, 0.1) is 12.7 Å². The normalized spacial score (nSPS) is 14.9. The highest BCUT2D eigenvalue weighted by Gasteiger charge is 2.28. The van der Waals surface area contributed by atoms with Crippen LogP contribution in [0.25, 0.3) is 0 Å². The molecular weight excluding hydrogens is 442 g/mol. The van der Waals surface area contributed by atoms with Crippen molar-refractivity contribution >= 4 is 23.2 Å². The maximum absolute atomic E-state index is 13.5. The smallest absolute Gasteiger partial charge is 0.321 e. The number of methoxy groups -OCH3 is 1. The minimum atomic E-state index is -1.01. The lowest BCUT2D eigenvalue weighted by Gasteiger charge is -2.36. The zero-order valence-corrected chi connectivity index (χ0v) is 18.4. The van der Waals surface area contributed by atoms with Gasteiger partial charge in [-0.25, -0.2) is 18.6 Å². The molecule has 3 aromatic carbocycles. The van der Waals surface area contributed by atoms with Gasteiger partial charge in [-0.2, -0.15) is 0 Å². The summed E-state index contributed by atoms with van der Waals surface area (Å²) < 4.78 is 38.2. The third-order valence-corrected chi connectivity index (χ3v) is 5.78. The predicted octanol–water partition coefficient (Wildman–Crippen LogP) is 5.01. The Balaban J connectivity index is 1.36. The molecule has 1 N–H and O–H groups in total. The van der Waals surface area contributed by atoms with Gasteiger partial charge in [-0.15, -0.1) is 0 Å². The van der Waals surface area contributed by atoms with E-state index in [2.05, 4.69) is 10.2 Å². The first kappa shape index (κ1) is 21.7. The molecule has 2 aliphatic heterocycles. The zero-order valence-electron chi connectivity index (χ0n) is 18.4. The first-order valence-electron chi connectivity index (χ1n) is 10.8. The molecule has 0 saturated carbocycles. The molecule has 7 nitrogen and oxygen atoms in total. The molecule has 2 aliphatic rings. The van der Waals surface area contributed by atoms with Crippen LogP contribution in [-0.4, -0.2) is 55.0 Å². The quantitative estimate of drug-likeness (QED) is 0.579. The number of hydrogen-bond acceptors (Lipinski definition) is 5. The van der Waals surface area contributed by atoms with Crippen LogP contribution in [-0.2, 0) is 0 Å². The van der Waals surface area contributed by atoms with Crippen LogP contribution in [0.5, 0.6) is 17.2 Å². The Kier molecular flexibility index (Phi) is 5.75. The maximum atomic E-state index is 13.5. The lowest BCUT2D eigenvalue weighted by Crippen LogP contribution is -2.51. The Labute approximate surface area is 195 Å². The maximum Gasteiger partial charge on any atom is 0.321 e. The number of hydrogen-bond donors (Lipinski definition) is 1. The molecule has 2 heterocycles. The number of para-hydroxylation sites is 2. The van der Waals surface area contributed by atoms with Gasteiger partial charge in [0.1, 0.15) is 23.0 Å². The molecule has 0 radical (unpaired) electrons. The third-order valence-electron chi connectivity index (χ3n) is 5.78. The van der Waals surface area contributed by atoms with E-state index in [4.69, 9.17) is 14.5 Å². The van der Waals surface area contributed by atoms with E-state index in [1.807, 2.05) is 42.5 Å². The number of piperazine rings is 1. The number of amides is 2. The Bertz CT molecular complexity index is 1270. The van der Waals surface area contributed by atoms with Gasteiger partial charge in [0, 0.05) is 37.9 Å². The number of carbonyl (C=O) groups is 1. The molecule has 1 saturated heterocycles. The van der Waals surface area contributed by atoms with Crippen molar-refractivity contribution in [2.45, 2.75) is 0 Å². The predicted molar refractivity (Wildman–Crippen MR) is 124 cm³/mol. The van der Waals surface area contributed by atoms with E-state index < -0.39 is 11.6 Å². The van der Waals surface area contributed by atoms with Crippen molar-refractivity contribution in [1.82, 2.24) is 9.80 Å². The first-order valence-corrected chi connectivity index (χ1v) is 10.8. The zero-order chi connectivity index (χ0) is 23.7. The Morgan fingerprint density at radius 3 is 2.53 bits per heavy atom. The summed E-state index contributed by atoms with van der Waals surface area (Å²) in [5.74, 6) is 0.783. The van der Waals surface area contributed by atoms with E-state index in [0.717, 1.165) is 23.5 Å². The summed E-state index contributed by atoms with van der Waals surface area (Å²) in [6.45, 7) is 1.92. The number of ether oxygens (including phenoxy) is 2. The van der Waals surface area contributed by atoms with Gasteiger partial charge >= 0.3 is 6.03 Å². The summed E-state index contributed by atoms with van der Waals surface area (Å²) in [5, 5.41) is 2.62. The number of amidine groups is 1. The van der Waals surface area contributed by atoms with Crippen LogP contribution < -0.4 is 14.8 Å². The van der Waals surface area contributed by atoms with Crippen LogP contribution in [0, 0.1) is 11.6 Å². The summed E-state index contributed by atoms with van der Waals surface area (Å²) in [6.07, 6.45) is 0. The van der Waals surface area contributed by atoms with Crippen LogP contribution in [0.4, 0.5) is 25.0 Å². The van der Waals surface area contributed by atoms with Crippen molar-refractivity contribution in [3.63, 3.8) is 0 Å². The number of nitrogens with one attached hydrogen (secondary N) is 1. The largest absolute Gasteiger partial charge is 0.497 e. The van der Waals surface area contributed by atoms with Crippen molar-refractivity contribution in [3.8, 4) is 17.2 Å². The molecule has 2 amide bonds. The van der Waals surface area contributed by atoms with Crippen molar-refractivity contribution in [2.24, 2.45) is 4.99 Å². The number of anilines is 1. The lowest BCUT2D eigenvalue weighted by molar-refractivity contribution is 0.181. The second-order valence-corrected chi connectivity index (χ2v) is 7.90. The third kappa shape index (κ3) is 4.24. The van der Waals surface area contributed by atoms with Gasteiger partial charge in [0.2, 0.25) is 0 Å². The number of fused-ring (bicyclic) bond motifs is 2. The summed E-state index contributed by atoms with van der Waals surface area (Å²) in [6, 6.07) is 16.1. The average Bonchev–Trinajstić information content (AvgIpc) is 3.02. The number of halogens is 2. The van der Waals surface area contributed by atoms with Gasteiger partial charge in [-0.1, -0.05) is 12.1 Å². The van der Waals surface area contributed by atoms with E-state index in [-0.39, 0.29) is 11.7 Å². The molecule has 1 fully saturated rings. The molecule has 0 unspecified atom stereocenters. The Hall–Kier alpha value is -4.14. The molecule has 0 spiro atoms. The lowest BCUT2D eigenvalue weighted by atomic mass is 10.1. The summed E-state index contributed by atoms with van der Waals surface area (Å²) in [7, 11) is 1.61. The molecule has 0 bridgehead atoms. The number of benzene rings is 3. The highest BCUT2D eigenvalue weighted by molar-refractivity contribution is 6.04. The van der Waals surface area contributed by atoms with Gasteiger partial charge in [0.25, 0.3) is 0 Å². The molecule has 174 valence electrons. The first-order chi connectivity index (χ1) is 16.5. The van der Waals surface area contributed by atoms with Crippen molar-refractivity contribution in [3.05, 3.63) is 77.9 Å². The number of rotatable bonds is 2. The summed E-state index contributed by atoms with van der Waals surface area (Å²) in [4.78, 5) is 21.3. The molecule has 0 aliphatic carbocycles. The van der Waals surface area contributed by atoms with E-state index in [9.17, 15) is 13.6 Å². The molecular formula is C25H22F2N4O3. The van der Waals surface area contributed by atoms with Gasteiger partial charge < -0.3 is 24.6 Å². The second kappa shape index (κ2) is 9.01. The van der Waals surface area contributed by atoms with Crippen LogP contribution in [0.2, 0.25) is 0 Å². The fourth-order valence-corrected chi connectivity index (χ4v) is 3.97. The van der Waals surface area contributed by atoms with E-state index in [0.29, 0.717) is 49.1 Å². The van der Waals surface area contributed by atoms with Crippen LogP contribution in [0.1, 0.15) is 5.56 Å². The van der Waals surface area contributed by atoms with E-state index in [1.165, 1.54) is 6.07 Å². The molecule has 3 aromatic rings. The summed E-state index contributed by atoms with van der Waals surface area (Å²) >= 11 is 0. The van der Waals surface area contributed by atoms with Gasteiger partial charge in [0.15, 0.2) is 17.4 Å². The van der Waals surface area contributed by atoms with E-state index >= 15 is 0 Å². The Morgan fingerprint density at radius 2 is 1.76 bits per heavy atom. The number of aliphatic imine (C=N–C) groups is 1. The fourth-order valence-electron chi connectivity index (χ4n) is 3.97. The molecule has 34 heavy (non-hydrogen) atoms. The van der Waals surface area contributed by atoms with Crippen LogP contribution in [0.15, 0.2) is 65.7 Å². The van der Waals surface area contributed by atoms with Crippen molar-refractivity contribution in [1.29, 1.82) is 0 Å². The monoisotopic (exact) mass is 464 g/mol. The number of urea groups is 1. The number of nitrogens with zero attached hydrogens (tertiary/aromatic N) is 3. The molecule has 0 atom stereocenters. The van der Waals surface area contributed by atoms with Crippen LogP contribution in [0.3, 0.4) is 0 Å². The van der Waals surface area contributed by atoms with Crippen molar-refractivity contribution in [2.75, 3.05) is 38.6 Å². The minimum Gasteiger partial charge on any atom is -0.497 e. The van der Waals surface area contributed by atoms with Crippen molar-refractivity contribution < 1.29 is 23.0 Å². The summed E-state index contributed by atoms with van der Waals surface area (Å²) in [5.41, 5.74) is 1.72. The van der Waals surface area contributed by atoms with Crippen LogP contribution >= 0.6 is 0 Å². The number of carbonyl (C=O) groups excluding carboxylic acids is 1. The molecule has 5 rings (SSSR count). The Morgan fingerprint density at radius 1 is 0.971 bits per heavy atom. The highest BCUT2D eigenvalue weighted by Crippen LogP contribution is 2.39. The molecule has 0 aromatic heterocycles. The SMILES string of the molecule is COc1ccc2c(c1)C(N1CCN(C(=O)Nc3ccc(F)c(F)c3)CC1)=Nc1ccccc1O2. The average molecular weight is 464 g/mol. The fraction of sp³-hybridized carbons (Fsp3) is 0.200.